The highest BCUT2D eigenvalue weighted by Gasteiger charge is 2.23. The number of ether oxygens (including phenoxy) is 1. The van der Waals surface area contributed by atoms with Gasteiger partial charge in [-0.05, 0) is 18.2 Å². The molecule has 0 bridgehead atoms. The molecular formula is C11H14ClNO. The Morgan fingerprint density at radius 2 is 2.43 bits per heavy atom. The standard InChI is InChI=1S/C11H14ClNO/c1-2-13-7-9-6-8-4-3-5-10(12)11(8)14-9/h3-5,9,13H,2,6-7H2,1H3. The number of rotatable bonds is 3. The van der Waals surface area contributed by atoms with Gasteiger partial charge < -0.3 is 10.1 Å². The lowest BCUT2D eigenvalue weighted by Gasteiger charge is -2.10. The van der Waals surface area contributed by atoms with Crippen molar-refractivity contribution in [3.8, 4) is 5.75 Å². The zero-order valence-corrected chi connectivity index (χ0v) is 8.97. The highest BCUT2D eigenvalue weighted by Crippen LogP contribution is 2.35. The molecule has 2 nitrogen and oxygen atoms in total. The van der Waals surface area contributed by atoms with Crippen molar-refractivity contribution in [3.05, 3.63) is 28.8 Å². The fraction of sp³-hybridized carbons (Fsp3) is 0.455. The minimum Gasteiger partial charge on any atom is -0.487 e. The first kappa shape index (κ1) is 9.81. The average molecular weight is 212 g/mol. The van der Waals surface area contributed by atoms with Crippen LogP contribution in [0.2, 0.25) is 5.02 Å². The molecule has 1 aromatic carbocycles. The number of hydrogen-bond acceptors (Lipinski definition) is 2. The lowest BCUT2D eigenvalue weighted by Crippen LogP contribution is -2.29. The average Bonchev–Trinajstić information content (AvgIpc) is 2.59. The van der Waals surface area contributed by atoms with Crippen LogP contribution in [-0.4, -0.2) is 19.2 Å². The van der Waals surface area contributed by atoms with Crippen molar-refractivity contribution in [2.45, 2.75) is 19.4 Å². The molecule has 0 aliphatic carbocycles. The van der Waals surface area contributed by atoms with Gasteiger partial charge >= 0.3 is 0 Å². The van der Waals surface area contributed by atoms with E-state index in [9.17, 15) is 0 Å². The molecule has 1 atom stereocenters. The Morgan fingerprint density at radius 1 is 1.57 bits per heavy atom. The second-order valence-corrected chi connectivity index (χ2v) is 3.89. The molecule has 1 aliphatic rings. The maximum atomic E-state index is 6.02. The minimum atomic E-state index is 0.241. The number of fused-ring (bicyclic) bond motifs is 1. The summed E-state index contributed by atoms with van der Waals surface area (Å²) in [6.45, 7) is 3.96. The van der Waals surface area contributed by atoms with Crippen molar-refractivity contribution >= 4 is 11.6 Å². The van der Waals surface area contributed by atoms with Gasteiger partial charge in [-0.1, -0.05) is 30.7 Å². The van der Waals surface area contributed by atoms with Crippen molar-refractivity contribution in [1.29, 1.82) is 0 Å². The molecule has 0 fully saturated rings. The van der Waals surface area contributed by atoms with Crippen LogP contribution in [0.15, 0.2) is 18.2 Å². The van der Waals surface area contributed by atoms with E-state index in [1.54, 1.807) is 0 Å². The summed E-state index contributed by atoms with van der Waals surface area (Å²) in [7, 11) is 0. The third-order valence-electron chi connectivity index (χ3n) is 2.40. The van der Waals surface area contributed by atoms with Crippen molar-refractivity contribution in [2.24, 2.45) is 0 Å². The van der Waals surface area contributed by atoms with E-state index in [1.165, 1.54) is 5.56 Å². The molecule has 0 saturated heterocycles. The van der Waals surface area contributed by atoms with Crippen LogP contribution in [0.5, 0.6) is 5.75 Å². The topological polar surface area (TPSA) is 21.3 Å². The van der Waals surface area contributed by atoms with E-state index < -0.39 is 0 Å². The largest absolute Gasteiger partial charge is 0.487 e. The van der Waals surface area contributed by atoms with Gasteiger partial charge in [0.25, 0.3) is 0 Å². The predicted molar refractivity (Wildman–Crippen MR) is 58.1 cm³/mol. The van der Waals surface area contributed by atoms with Crippen molar-refractivity contribution in [3.63, 3.8) is 0 Å². The second kappa shape index (κ2) is 4.20. The molecule has 0 saturated carbocycles. The van der Waals surface area contributed by atoms with E-state index >= 15 is 0 Å². The zero-order chi connectivity index (χ0) is 9.97. The zero-order valence-electron chi connectivity index (χ0n) is 8.22. The van der Waals surface area contributed by atoms with Gasteiger partial charge in [0.05, 0.1) is 5.02 Å². The van der Waals surface area contributed by atoms with Crippen LogP contribution in [0, 0.1) is 0 Å². The van der Waals surface area contributed by atoms with Crippen LogP contribution in [-0.2, 0) is 6.42 Å². The Kier molecular flexibility index (Phi) is 2.94. The lowest BCUT2D eigenvalue weighted by molar-refractivity contribution is 0.229. The van der Waals surface area contributed by atoms with E-state index in [-0.39, 0.29) is 6.10 Å². The van der Waals surface area contributed by atoms with Gasteiger partial charge in [0.15, 0.2) is 0 Å². The Morgan fingerprint density at radius 3 is 3.14 bits per heavy atom. The molecule has 0 amide bonds. The summed E-state index contributed by atoms with van der Waals surface area (Å²) >= 11 is 6.02. The molecule has 3 heteroatoms. The first-order valence-electron chi connectivity index (χ1n) is 4.96. The smallest absolute Gasteiger partial charge is 0.141 e. The van der Waals surface area contributed by atoms with Gasteiger partial charge in [0, 0.05) is 13.0 Å². The Hall–Kier alpha value is -0.730. The molecule has 0 radical (unpaired) electrons. The van der Waals surface area contributed by atoms with Crippen LogP contribution >= 0.6 is 11.6 Å². The van der Waals surface area contributed by atoms with Gasteiger partial charge in [-0.25, -0.2) is 0 Å². The van der Waals surface area contributed by atoms with Crippen molar-refractivity contribution < 1.29 is 4.74 Å². The van der Waals surface area contributed by atoms with Gasteiger partial charge in [0.1, 0.15) is 11.9 Å². The molecule has 0 spiro atoms. The second-order valence-electron chi connectivity index (χ2n) is 3.48. The third-order valence-corrected chi connectivity index (χ3v) is 2.70. The van der Waals surface area contributed by atoms with E-state index in [0.717, 1.165) is 30.3 Å². The number of halogens is 1. The van der Waals surface area contributed by atoms with Crippen LogP contribution in [0.3, 0.4) is 0 Å². The Bertz CT molecular complexity index is 327. The normalized spacial score (nSPS) is 19.1. The van der Waals surface area contributed by atoms with E-state index in [0.29, 0.717) is 0 Å². The fourth-order valence-electron chi connectivity index (χ4n) is 1.72. The maximum absolute atomic E-state index is 6.02. The highest BCUT2D eigenvalue weighted by atomic mass is 35.5. The molecule has 2 rings (SSSR count). The molecule has 0 aromatic heterocycles. The van der Waals surface area contributed by atoms with E-state index in [4.69, 9.17) is 16.3 Å². The van der Waals surface area contributed by atoms with Crippen LogP contribution in [0.1, 0.15) is 12.5 Å². The van der Waals surface area contributed by atoms with Crippen molar-refractivity contribution in [1.82, 2.24) is 5.32 Å². The molecule has 1 unspecified atom stereocenters. The molecule has 1 aliphatic heterocycles. The predicted octanol–water partition coefficient (Wildman–Crippen LogP) is 2.25. The molecule has 1 aromatic rings. The van der Waals surface area contributed by atoms with Crippen LogP contribution in [0.25, 0.3) is 0 Å². The summed E-state index contributed by atoms with van der Waals surface area (Å²) in [5.74, 6) is 0.872. The summed E-state index contributed by atoms with van der Waals surface area (Å²) < 4.78 is 5.75. The quantitative estimate of drug-likeness (QED) is 0.828. The SMILES string of the molecule is CCNCC1Cc2cccc(Cl)c2O1. The molecule has 1 heterocycles. The summed E-state index contributed by atoms with van der Waals surface area (Å²) in [4.78, 5) is 0. The summed E-state index contributed by atoms with van der Waals surface area (Å²) in [6, 6.07) is 5.92. The maximum Gasteiger partial charge on any atom is 0.141 e. The van der Waals surface area contributed by atoms with Crippen LogP contribution < -0.4 is 10.1 Å². The van der Waals surface area contributed by atoms with Gasteiger partial charge in [-0.3, -0.25) is 0 Å². The summed E-state index contributed by atoms with van der Waals surface area (Å²) in [5.41, 5.74) is 1.22. The number of hydrogen-bond donors (Lipinski definition) is 1. The van der Waals surface area contributed by atoms with Crippen LogP contribution in [0.4, 0.5) is 0 Å². The molecule has 14 heavy (non-hydrogen) atoms. The minimum absolute atomic E-state index is 0.241. The number of para-hydroxylation sites is 1. The first-order chi connectivity index (χ1) is 6.81. The van der Waals surface area contributed by atoms with Gasteiger partial charge in [0.2, 0.25) is 0 Å². The third kappa shape index (κ3) is 1.86. The number of likely N-dealkylation sites (N-methyl/N-ethyl adjacent to an activating group) is 1. The summed E-state index contributed by atoms with van der Waals surface area (Å²) in [5, 5.41) is 4.00. The van der Waals surface area contributed by atoms with Gasteiger partial charge in [-0.15, -0.1) is 0 Å². The summed E-state index contributed by atoms with van der Waals surface area (Å²) in [6.07, 6.45) is 1.20. The lowest BCUT2D eigenvalue weighted by atomic mass is 10.1. The van der Waals surface area contributed by atoms with E-state index in [2.05, 4.69) is 18.3 Å². The Labute approximate surface area is 89.2 Å². The number of nitrogens with one attached hydrogen (secondary N) is 1. The Balaban J connectivity index is 2.06. The van der Waals surface area contributed by atoms with E-state index in [1.807, 2.05) is 12.1 Å². The highest BCUT2D eigenvalue weighted by molar-refractivity contribution is 6.32. The molecule has 76 valence electrons. The first-order valence-corrected chi connectivity index (χ1v) is 5.34. The number of benzene rings is 1. The van der Waals surface area contributed by atoms with Gasteiger partial charge in [-0.2, -0.15) is 0 Å². The monoisotopic (exact) mass is 211 g/mol. The molecule has 1 N–H and O–H groups in total. The van der Waals surface area contributed by atoms with Crippen molar-refractivity contribution in [2.75, 3.05) is 13.1 Å². The fourth-order valence-corrected chi connectivity index (χ4v) is 1.96. The molecular weight excluding hydrogens is 198 g/mol.